The number of carbonyl (C=O) groups is 2. The van der Waals surface area contributed by atoms with Gasteiger partial charge in [0.05, 0.1) is 23.9 Å². The minimum atomic E-state index is -1.56. The SMILES string of the molecule is COC1(OC)C(=O)[C@H]2C=C(C#N)[C@@H]1[C@H]1[C@@H]2C=C(C)N1C(=O)c1ccccc1. The highest BCUT2D eigenvalue weighted by molar-refractivity contribution is 5.98. The second-order valence-electron chi connectivity index (χ2n) is 7.09. The van der Waals surface area contributed by atoms with Crippen LogP contribution >= 0.6 is 0 Å². The first-order chi connectivity index (χ1) is 13.0. The molecule has 1 aliphatic heterocycles. The molecule has 2 bridgehead atoms. The first-order valence-corrected chi connectivity index (χ1v) is 8.83. The van der Waals surface area contributed by atoms with E-state index in [0.717, 1.165) is 5.70 Å². The average molecular weight is 364 g/mol. The van der Waals surface area contributed by atoms with Gasteiger partial charge in [-0.25, -0.2) is 0 Å². The number of allylic oxidation sites excluding steroid dienone is 2. The molecule has 138 valence electrons. The van der Waals surface area contributed by atoms with Gasteiger partial charge >= 0.3 is 0 Å². The number of Topliss-reactive ketones (excluding diaryl/α,β-unsaturated/α-hetero) is 1. The molecule has 0 unspecified atom stereocenters. The predicted octanol–water partition coefficient (Wildman–Crippen LogP) is 2.30. The maximum Gasteiger partial charge on any atom is 0.258 e. The van der Waals surface area contributed by atoms with Gasteiger partial charge < -0.3 is 14.4 Å². The molecule has 1 aromatic rings. The molecule has 3 aliphatic carbocycles. The van der Waals surface area contributed by atoms with Crippen LogP contribution in [0, 0.1) is 29.1 Å². The van der Waals surface area contributed by atoms with Crippen LogP contribution in [0.3, 0.4) is 0 Å². The van der Waals surface area contributed by atoms with Crippen LogP contribution in [0.4, 0.5) is 0 Å². The van der Waals surface area contributed by atoms with Crippen molar-refractivity contribution in [2.75, 3.05) is 14.2 Å². The highest BCUT2D eigenvalue weighted by Crippen LogP contribution is 2.55. The van der Waals surface area contributed by atoms with Crippen LogP contribution in [0.15, 0.2) is 53.8 Å². The highest BCUT2D eigenvalue weighted by atomic mass is 16.7. The molecule has 6 nitrogen and oxygen atoms in total. The van der Waals surface area contributed by atoms with Gasteiger partial charge in [-0.05, 0) is 19.1 Å². The fourth-order valence-corrected chi connectivity index (χ4v) is 4.87. The van der Waals surface area contributed by atoms with Gasteiger partial charge in [0.1, 0.15) is 0 Å². The third-order valence-corrected chi connectivity index (χ3v) is 5.99. The van der Waals surface area contributed by atoms with Gasteiger partial charge in [-0.15, -0.1) is 0 Å². The quantitative estimate of drug-likeness (QED) is 0.769. The Morgan fingerprint density at radius 2 is 1.85 bits per heavy atom. The molecule has 4 atom stereocenters. The molecule has 0 radical (unpaired) electrons. The molecule has 5 rings (SSSR count). The Balaban J connectivity index is 1.85. The minimum absolute atomic E-state index is 0.157. The lowest BCUT2D eigenvalue weighted by Gasteiger charge is -2.53. The Morgan fingerprint density at radius 1 is 1.19 bits per heavy atom. The van der Waals surface area contributed by atoms with Gasteiger partial charge in [0.2, 0.25) is 5.79 Å². The van der Waals surface area contributed by atoms with E-state index in [1.54, 1.807) is 23.1 Å². The molecule has 0 N–H and O–H groups in total. The van der Waals surface area contributed by atoms with Crippen LogP contribution < -0.4 is 0 Å². The van der Waals surface area contributed by atoms with Crippen molar-refractivity contribution in [3.05, 3.63) is 59.3 Å². The van der Waals surface area contributed by atoms with Crippen LogP contribution in [0.2, 0.25) is 0 Å². The van der Waals surface area contributed by atoms with Gasteiger partial charge in [0.25, 0.3) is 5.91 Å². The average Bonchev–Trinajstić information content (AvgIpc) is 3.06. The maximum atomic E-state index is 13.3. The van der Waals surface area contributed by atoms with Gasteiger partial charge in [-0.3, -0.25) is 9.59 Å². The van der Waals surface area contributed by atoms with E-state index in [0.29, 0.717) is 11.1 Å². The number of ether oxygens (including phenoxy) is 2. The van der Waals surface area contributed by atoms with Crippen molar-refractivity contribution in [2.45, 2.75) is 18.8 Å². The molecule has 27 heavy (non-hydrogen) atoms. The van der Waals surface area contributed by atoms with E-state index in [1.165, 1.54) is 14.2 Å². The number of hydrogen-bond donors (Lipinski definition) is 0. The molecular formula is C21H20N2O4. The predicted molar refractivity (Wildman–Crippen MR) is 96.1 cm³/mol. The molecule has 1 aromatic carbocycles. The van der Waals surface area contributed by atoms with Crippen molar-refractivity contribution in [3.8, 4) is 6.07 Å². The lowest BCUT2D eigenvalue weighted by molar-refractivity contribution is -0.246. The second-order valence-corrected chi connectivity index (χ2v) is 7.09. The van der Waals surface area contributed by atoms with Crippen molar-refractivity contribution >= 4 is 11.7 Å². The molecule has 1 saturated carbocycles. The van der Waals surface area contributed by atoms with Crippen LogP contribution in [0.1, 0.15) is 17.3 Å². The number of hydrogen-bond acceptors (Lipinski definition) is 5. The van der Waals surface area contributed by atoms with Gasteiger partial charge in [-0.2, -0.15) is 5.26 Å². The zero-order valence-corrected chi connectivity index (χ0v) is 15.4. The van der Waals surface area contributed by atoms with Gasteiger partial charge in [0.15, 0.2) is 5.78 Å². The number of benzene rings is 1. The van der Waals surface area contributed by atoms with Gasteiger partial charge in [0, 0.05) is 37.0 Å². The Bertz CT molecular complexity index is 908. The molecule has 6 heteroatoms. The summed E-state index contributed by atoms with van der Waals surface area (Å²) in [6.45, 7) is 1.86. The summed E-state index contributed by atoms with van der Waals surface area (Å²) < 4.78 is 11.1. The Morgan fingerprint density at radius 3 is 2.44 bits per heavy atom. The van der Waals surface area contributed by atoms with Crippen LogP contribution in [-0.2, 0) is 14.3 Å². The first kappa shape index (κ1) is 17.7. The Kier molecular flexibility index (Phi) is 4.02. The minimum Gasteiger partial charge on any atom is -0.346 e. The van der Waals surface area contributed by atoms with E-state index >= 15 is 0 Å². The normalized spacial score (nSPS) is 30.4. The maximum absolute atomic E-state index is 13.3. The number of amides is 1. The van der Waals surface area contributed by atoms with E-state index < -0.39 is 23.7 Å². The number of ketones is 1. The summed E-state index contributed by atoms with van der Waals surface area (Å²) in [5, 5.41) is 9.69. The van der Waals surface area contributed by atoms with E-state index in [2.05, 4.69) is 6.07 Å². The molecule has 4 aliphatic rings. The van der Waals surface area contributed by atoms with Crippen LogP contribution in [-0.4, -0.2) is 42.6 Å². The lowest BCUT2D eigenvalue weighted by Crippen LogP contribution is -2.68. The van der Waals surface area contributed by atoms with Crippen molar-refractivity contribution < 1.29 is 19.1 Å². The number of methoxy groups -OCH3 is 2. The number of nitriles is 1. The van der Waals surface area contributed by atoms with Gasteiger partial charge in [-0.1, -0.05) is 30.4 Å². The second kappa shape index (κ2) is 6.15. The summed E-state index contributed by atoms with van der Waals surface area (Å²) in [5.41, 5.74) is 1.76. The molecule has 0 spiro atoms. The molecule has 0 aromatic heterocycles. The Hall–Kier alpha value is -2.75. The van der Waals surface area contributed by atoms with E-state index in [9.17, 15) is 14.9 Å². The number of rotatable bonds is 3. The topological polar surface area (TPSA) is 79.6 Å². The van der Waals surface area contributed by atoms with Crippen LogP contribution in [0.25, 0.3) is 0 Å². The summed E-state index contributed by atoms with van der Waals surface area (Å²) in [4.78, 5) is 28.1. The van der Waals surface area contributed by atoms with E-state index in [4.69, 9.17) is 9.47 Å². The fraction of sp³-hybridized carbons (Fsp3) is 0.381. The summed E-state index contributed by atoms with van der Waals surface area (Å²) >= 11 is 0. The van der Waals surface area contributed by atoms with Crippen molar-refractivity contribution in [1.29, 1.82) is 5.26 Å². The first-order valence-electron chi connectivity index (χ1n) is 8.83. The fourth-order valence-electron chi connectivity index (χ4n) is 4.87. The Labute approximate surface area is 157 Å². The summed E-state index contributed by atoms with van der Waals surface area (Å²) in [5.74, 6) is -3.34. The highest BCUT2D eigenvalue weighted by Gasteiger charge is 2.67. The van der Waals surface area contributed by atoms with E-state index in [-0.39, 0.29) is 17.6 Å². The number of fused-ring (bicyclic) bond motifs is 1. The van der Waals surface area contributed by atoms with Crippen LogP contribution in [0.5, 0.6) is 0 Å². The van der Waals surface area contributed by atoms with Crippen molar-refractivity contribution in [1.82, 2.24) is 4.90 Å². The molecular weight excluding hydrogens is 344 g/mol. The molecule has 0 saturated heterocycles. The van der Waals surface area contributed by atoms with Crippen molar-refractivity contribution in [2.24, 2.45) is 17.8 Å². The molecule has 1 fully saturated rings. The standard InChI is InChI=1S/C21H20N2O4/c1-12-9-15-16-10-14(11-22)17(21(26-2,27-3)19(16)24)18(15)23(12)20(25)13-7-5-4-6-8-13/h4-10,15-18H,1-3H3/t15-,16+,17-,18-/m1/s1. The number of nitrogens with zero attached hydrogens (tertiary/aromatic N) is 2. The molecule has 1 heterocycles. The zero-order valence-electron chi connectivity index (χ0n) is 15.4. The largest absolute Gasteiger partial charge is 0.346 e. The number of carbonyl (C=O) groups excluding carboxylic acids is 2. The third-order valence-electron chi connectivity index (χ3n) is 5.99. The summed E-state index contributed by atoms with van der Waals surface area (Å²) in [6.07, 6.45) is 3.67. The van der Waals surface area contributed by atoms with Crippen molar-refractivity contribution in [3.63, 3.8) is 0 Å². The van der Waals surface area contributed by atoms with E-state index in [1.807, 2.05) is 31.2 Å². The molecule has 1 amide bonds. The lowest BCUT2D eigenvalue weighted by atomic mass is 9.59. The smallest absolute Gasteiger partial charge is 0.258 e. The summed E-state index contributed by atoms with van der Waals surface area (Å²) in [6, 6.07) is 10.8. The third kappa shape index (κ3) is 2.19. The summed E-state index contributed by atoms with van der Waals surface area (Å²) in [7, 11) is 2.81. The zero-order chi connectivity index (χ0) is 19.3. The monoisotopic (exact) mass is 364 g/mol.